The summed E-state index contributed by atoms with van der Waals surface area (Å²) in [6.45, 7) is 1.97. The normalized spacial score (nSPS) is 12.6. The molecule has 4 nitrogen and oxygen atoms in total. The van der Waals surface area contributed by atoms with Crippen molar-refractivity contribution < 1.29 is 0 Å². The zero-order valence-corrected chi connectivity index (χ0v) is 10.6. The third-order valence-corrected chi connectivity index (χ3v) is 3.35. The predicted molar refractivity (Wildman–Crippen MR) is 69.5 cm³/mol. The van der Waals surface area contributed by atoms with Crippen molar-refractivity contribution in [1.82, 2.24) is 15.4 Å². The topological polar surface area (TPSA) is 63.8 Å². The maximum atomic E-state index is 5.55. The Morgan fingerprint density at radius 2 is 2.18 bits per heavy atom. The van der Waals surface area contributed by atoms with Gasteiger partial charge in [0.15, 0.2) is 0 Å². The summed E-state index contributed by atoms with van der Waals surface area (Å²) in [5, 5.41) is 4.24. The molecule has 0 fully saturated rings. The number of aryl methyl sites for hydroxylation is 2. The second-order valence-electron chi connectivity index (χ2n) is 4.01. The van der Waals surface area contributed by atoms with Crippen LogP contribution >= 0.6 is 11.3 Å². The molecule has 1 atom stereocenters. The van der Waals surface area contributed by atoms with E-state index in [0.29, 0.717) is 0 Å². The zero-order chi connectivity index (χ0) is 12.1. The van der Waals surface area contributed by atoms with Crippen LogP contribution in [-0.4, -0.2) is 9.97 Å². The van der Waals surface area contributed by atoms with Gasteiger partial charge in [-0.3, -0.25) is 5.84 Å². The van der Waals surface area contributed by atoms with Crippen LogP contribution in [0.4, 0.5) is 0 Å². The number of hydrogen-bond donors (Lipinski definition) is 2. The average Bonchev–Trinajstić information content (AvgIpc) is 2.85. The molecule has 1 unspecified atom stereocenters. The maximum absolute atomic E-state index is 5.55. The third-order valence-electron chi connectivity index (χ3n) is 2.62. The van der Waals surface area contributed by atoms with Crippen molar-refractivity contribution in [3.05, 3.63) is 46.2 Å². The number of nitrogens with two attached hydrogens (primary N) is 1. The first-order valence-electron chi connectivity index (χ1n) is 5.55. The second kappa shape index (κ2) is 5.86. The molecule has 0 aliphatic rings. The number of nitrogens with one attached hydrogen (secondary N) is 1. The fraction of sp³-hybridized carbons (Fsp3) is 0.333. The van der Waals surface area contributed by atoms with E-state index in [2.05, 4.69) is 32.2 Å². The van der Waals surface area contributed by atoms with E-state index in [-0.39, 0.29) is 6.04 Å². The number of rotatable bonds is 5. The molecule has 0 aliphatic carbocycles. The number of thiophene rings is 1. The van der Waals surface area contributed by atoms with E-state index < -0.39 is 0 Å². The smallest absolute Gasteiger partial charge is 0.146 e. The Kier molecular flexibility index (Phi) is 4.19. The van der Waals surface area contributed by atoms with E-state index in [1.165, 1.54) is 5.56 Å². The van der Waals surface area contributed by atoms with Crippen molar-refractivity contribution >= 4 is 11.3 Å². The van der Waals surface area contributed by atoms with Crippen molar-refractivity contribution in [1.29, 1.82) is 0 Å². The van der Waals surface area contributed by atoms with Crippen LogP contribution in [0.5, 0.6) is 0 Å². The molecule has 5 heteroatoms. The van der Waals surface area contributed by atoms with Crippen molar-refractivity contribution in [3.8, 4) is 0 Å². The molecule has 0 bridgehead atoms. The first-order chi connectivity index (χ1) is 8.29. The fourth-order valence-corrected chi connectivity index (χ4v) is 2.32. The Morgan fingerprint density at radius 3 is 2.76 bits per heavy atom. The monoisotopic (exact) mass is 248 g/mol. The van der Waals surface area contributed by atoms with Gasteiger partial charge in [-0.15, -0.1) is 0 Å². The van der Waals surface area contributed by atoms with Crippen LogP contribution in [0.2, 0.25) is 0 Å². The van der Waals surface area contributed by atoms with E-state index in [9.17, 15) is 0 Å². The van der Waals surface area contributed by atoms with Gasteiger partial charge in [-0.1, -0.05) is 0 Å². The molecule has 2 heterocycles. The highest BCUT2D eigenvalue weighted by Gasteiger charge is 2.12. The molecule has 90 valence electrons. The number of aromatic nitrogens is 2. The van der Waals surface area contributed by atoms with E-state index in [4.69, 9.17) is 5.84 Å². The van der Waals surface area contributed by atoms with Crippen LogP contribution in [0.25, 0.3) is 0 Å². The van der Waals surface area contributed by atoms with Gasteiger partial charge < -0.3 is 0 Å². The molecule has 3 N–H and O–H groups in total. The lowest BCUT2D eigenvalue weighted by Gasteiger charge is -2.13. The highest BCUT2D eigenvalue weighted by atomic mass is 32.1. The minimum absolute atomic E-state index is 0.00972. The molecule has 0 spiro atoms. The summed E-state index contributed by atoms with van der Waals surface area (Å²) in [6.07, 6.45) is 5.51. The standard InChI is InChI=1S/C12H16N4S/c1-9-6-14-12(15-7-9)11(16-13)3-2-10-4-5-17-8-10/h4-8,11,16H,2-3,13H2,1H3. The zero-order valence-electron chi connectivity index (χ0n) is 9.76. The third kappa shape index (κ3) is 3.33. The number of hydrogen-bond acceptors (Lipinski definition) is 5. The van der Waals surface area contributed by atoms with Crippen LogP contribution in [0, 0.1) is 6.92 Å². The van der Waals surface area contributed by atoms with E-state index in [0.717, 1.165) is 24.2 Å². The van der Waals surface area contributed by atoms with E-state index in [1.807, 2.05) is 19.3 Å². The lowest BCUT2D eigenvalue weighted by atomic mass is 10.1. The molecule has 0 radical (unpaired) electrons. The minimum Gasteiger partial charge on any atom is -0.271 e. The molecular weight excluding hydrogens is 232 g/mol. The van der Waals surface area contributed by atoms with Crippen LogP contribution in [0.15, 0.2) is 29.2 Å². The Balaban J connectivity index is 1.99. The second-order valence-corrected chi connectivity index (χ2v) is 4.79. The summed E-state index contributed by atoms with van der Waals surface area (Å²) in [6, 6.07) is 2.14. The Morgan fingerprint density at radius 1 is 1.41 bits per heavy atom. The van der Waals surface area contributed by atoms with Crippen LogP contribution in [0.3, 0.4) is 0 Å². The Labute approximate surface area is 105 Å². The molecule has 2 aromatic rings. The fourth-order valence-electron chi connectivity index (χ4n) is 1.62. The highest BCUT2D eigenvalue weighted by molar-refractivity contribution is 7.07. The average molecular weight is 248 g/mol. The summed E-state index contributed by atoms with van der Waals surface area (Å²) in [5.74, 6) is 6.31. The summed E-state index contributed by atoms with van der Waals surface area (Å²) < 4.78 is 0. The molecule has 0 saturated carbocycles. The number of nitrogens with zero attached hydrogens (tertiary/aromatic N) is 2. The first kappa shape index (κ1) is 12.2. The molecular formula is C12H16N4S. The van der Waals surface area contributed by atoms with Gasteiger partial charge in [-0.25, -0.2) is 15.4 Å². The van der Waals surface area contributed by atoms with Gasteiger partial charge in [0.1, 0.15) is 5.82 Å². The maximum Gasteiger partial charge on any atom is 0.146 e. The lowest BCUT2D eigenvalue weighted by molar-refractivity contribution is 0.491. The largest absolute Gasteiger partial charge is 0.271 e. The molecule has 0 amide bonds. The molecule has 2 aromatic heterocycles. The van der Waals surface area contributed by atoms with Gasteiger partial charge in [0.25, 0.3) is 0 Å². The minimum atomic E-state index is 0.00972. The number of hydrazine groups is 1. The van der Waals surface area contributed by atoms with Crippen LogP contribution in [0.1, 0.15) is 29.4 Å². The van der Waals surface area contributed by atoms with Crippen LogP contribution in [-0.2, 0) is 6.42 Å². The van der Waals surface area contributed by atoms with Crippen molar-refractivity contribution in [3.63, 3.8) is 0 Å². The Hall–Kier alpha value is -1.30. The first-order valence-corrected chi connectivity index (χ1v) is 6.49. The Bertz CT molecular complexity index is 438. The lowest BCUT2D eigenvalue weighted by Crippen LogP contribution is -2.29. The summed E-state index contributed by atoms with van der Waals surface area (Å²) in [4.78, 5) is 8.60. The molecule has 17 heavy (non-hydrogen) atoms. The SMILES string of the molecule is Cc1cnc(C(CCc2ccsc2)NN)nc1. The summed E-state index contributed by atoms with van der Waals surface area (Å²) >= 11 is 1.71. The van der Waals surface area contributed by atoms with Gasteiger partial charge in [-0.05, 0) is 47.7 Å². The van der Waals surface area contributed by atoms with Crippen LogP contribution < -0.4 is 11.3 Å². The van der Waals surface area contributed by atoms with Gasteiger partial charge in [0, 0.05) is 12.4 Å². The quantitative estimate of drug-likeness (QED) is 0.627. The predicted octanol–water partition coefficient (Wildman–Crippen LogP) is 1.98. The van der Waals surface area contributed by atoms with E-state index >= 15 is 0 Å². The molecule has 0 aliphatic heterocycles. The van der Waals surface area contributed by atoms with Gasteiger partial charge >= 0.3 is 0 Å². The van der Waals surface area contributed by atoms with Crippen molar-refractivity contribution in [2.45, 2.75) is 25.8 Å². The summed E-state index contributed by atoms with van der Waals surface area (Å²) in [5.41, 5.74) is 5.17. The highest BCUT2D eigenvalue weighted by Crippen LogP contribution is 2.16. The van der Waals surface area contributed by atoms with Crippen molar-refractivity contribution in [2.75, 3.05) is 0 Å². The molecule has 2 rings (SSSR count). The van der Waals surface area contributed by atoms with Gasteiger partial charge in [0.2, 0.25) is 0 Å². The van der Waals surface area contributed by atoms with Gasteiger partial charge in [0.05, 0.1) is 6.04 Å². The summed E-state index contributed by atoms with van der Waals surface area (Å²) in [7, 11) is 0. The molecule has 0 saturated heterocycles. The van der Waals surface area contributed by atoms with Gasteiger partial charge in [-0.2, -0.15) is 11.3 Å². The van der Waals surface area contributed by atoms with Crippen molar-refractivity contribution in [2.24, 2.45) is 5.84 Å². The van der Waals surface area contributed by atoms with E-state index in [1.54, 1.807) is 11.3 Å². The molecule has 0 aromatic carbocycles.